The van der Waals surface area contributed by atoms with Crippen LogP contribution in [0.4, 0.5) is 0 Å². The van der Waals surface area contributed by atoms with Gasteiger partial charge < -0.3 is 38.7 Å². The van der Waals surface area contributed by atoms with E-state index in [1.54, 1.807) is 0 Å². The molecule has 0 aromatic rings. The summed E-state index contributed by atoms with van der Waals surface area (Å²) in [6.45, 7) is 2.23. The average Bonchev–Trinajstić information content (AvgIpc) is 2.56. The second kappa shape index (κ2) is 12.9. The van der Waals surface area contributed by atoms with Crippen LogP contribution in [0.2, 0.25) is 0 Å². The number of rotatable bonds is 13. The monoisotopic (exact) mass is 373 g/mol. The van der Waals surface area contributed by atoms with Crippen LogP contribution in [0.25, 0.3) is 0 Å². The molecule has 0 spiro atoms. The number of hydrogen-bond acceptors (Lipinski definition) is 6. The highest BCUT2D eigenvalue weighted by molar-refractivity contribution is 5.91. The van der Waals surface area contributed by atoms with Crippen molar-refractivity contribution in [3.63, 3.8) is 0 Å². The molecule has 11 N–H and O–H groups in total. The van der Waals surface area contributed by atoms with E-state index in [1.165, 1.54) is 6.92 Å². The molecule has 3 atom stereocenters. The van der Waals surface area contributed by atoms with E-state index >= 15 is 0 Å². The molecule has 26 heavy (non-hydrogen) atoms. The lowest BCUT2D eigenvalue weighted by molar-refractivity contribution is -0.142. The molecule has 0 saturated heterocycles. The van der Waals surface area contributed by atoms with Gasteiger partial charge in [0.2, 0.25) is 11.8 Å². The van der Waals surface area contributed by atoms with Crippen LogP contribution < -0.4 is 33.6 Å². The molecule has 150 valence electrons. The number of aliphatic imine (C=N–C) groups is 1. The Morgan fingerprint density at radius 2 is 1.69 bits per heavy atom. The highest BCUT2D eigenvalue weighted by Gasteiger charge is 2.24. The summed E-state index contributed by atoms with van der Waals surface area (Å²) in [5.41, 5.74) is 21.5. The van der Waals surface area contributed by atoms with E-state index in [2.05, 4.69) is 15.6 Å². The normalized spacial score (nSPS) is 14.0. The van der Waals surface area contributed by atoms with Crippen LogP contribution in [0.3, 0.4) is 0 Å². The molecule has 0 fully saturated rings. The van der Waals surface area contributed by atoms with Crippen molar-refractivity contribution in [1.82, 2.24) is 10.6 Å². The summed E-state index contributed by atoms with van der Waals surface area (Å²) >= 11 is 0. The van der Waals surface area contributed by atoms with E-state index in [0.29, 0.717) is 25.8 Å². The van der Waals surface area contributed by atoms with Gasteiger partial charge in [0.05, 0.1) is 6.04 Å². The Morgan fingerprint density at radius 1 is 1.04 bits per heavy atom. The first-order chi connectivity index (χ1) is 12.2. The maximum absolute atomic E-state index is 12.1. The molecule has 0 aliphatic rings. The summed E-state index contributed by atoms with van der Waals surface area (Å²) < 4.78 is 0. The SMILES string of the molecule is CC(NC(=O)C(N)CCCCN)C(=O)NC(CCCN=C(N)N)C(=O)O. The van der Waals surface area contributed by atoms with E-state index in [9.17, 15) is 19.5 Å². The smallest absolute Gasteiger partial charge is 0.326 e. The highest BCUT2D eigenvalue weighted by atomic mass is 16.4. The molecule has 0 aromatic carbocycles. The summed E-state index contributed by atoms with van der Waals surface area (Å²) in [6.07, 6.45) is 2.46. The molecular formula is C15H31N7O4. The number of carboxylic acids is 1. The predicted molar refractivity (Wildman–Crippen MR) is 98.0 cm³/mol. The van der Waals surface area contributed by atoms with Gasteiger partial charge in [-0.25, -0.2) is 4.79 Å². The van der Waals surface area contributed by atoms with Gasteiger partial charge in [-0.2, -0.15) is 0 Å². The van der Waals surface area contributed by atoms with Crippen LogP contribution in [-0.2, 0) is 14.4 Å². The molecule has 0 aliphatic carbocycles. The number of nitrogens with zero attached hydrogens (tertiary/aromatic N) is 1. The molecule has 3 unspecified atom stereocenters. The fourth-order valence-electron chi connectivity index (χ4n) is 2.08. The highest BCUT2D eigenvalue weighted by Crippen LogP contribution is 2.01. The van der Waals surface area contributed by atoms with Gasteiger partial charge in [-0.15, -0.1) is 0 Å². The lowest BCUT2D eigenvalue weighted by atomic mass is 10.1. The topological polar surface area (TPSA) is 212 Å². The molecule has 2 amide bonds. The van der Waals surface area contributed by atoms with Crippen LogP contribution in [0, 0.1) is 0 Å². The Bertz CT molecular complexity index is 494. The van der Waals surface area contributed by atoms with Gasteiger partial charge in [-0.05, 0) is 39.2 Å². The number of carboxylic acid groups (broad SMARTS) is 1. The Balaban J connectivity index is 4.43. The third-order valence-electron chi connectivity index (χ3n) is 3.62. The maximum Gasteiger partial charge on any atom is 0.326 e. The third-order valence-corrected chi connectivity index (χ3v) is 3.62. The molecular weight excluding hydrogens is 342 g/mol. The Morgan fingerprint density at radius 3 is 2.23 bits per heavy atom. The van der Waals surface area contributed by atoms with Crippen molar-refractivity contribution in [2.24, 2.45) is 27.9 Å². The van der Waals surface area contributed by atoms with Gasteiger partial charge in [-0.1, -0.05) is 6.42 Å². The predicted octanol–water partition coefficient (Wildman–Crippen LogP) is -2.43. The first-order valence-electron chi connectivity index (χ1n) is 8.53. The number of nitrogens with one attached hydrogen (secondary N) is 2. The van der Waals surface area contributed by atoms with Crippen molar-refractivity contribution in [2.45, 2.75) is 57.2 Å². The fraction of sp³-hybridized carbons (Fsp3) is 0.733. The standard InChI is InChI=1S/C15H31N7O4/c1-9(21-13(24)10(17)5-2-3-7-16)12(23)22-11(14(25)26)6-4-8-20-15(18)19/h9-11H,2-8,16-17H2,1H3,(H,21,24)(H,22,23)(H,25,26)(H4,18,19,20). The molecule has 0 rings (SSSR count). The Kier molecular flexibility index (Phi) is 11.7. The molecule has 11 nitrogen and oxygen atoms in total. The van der Waals surface area contributed by atoms with Crippen molar-refractivity contribution in [2.75, 3.05) is 13.1 Å². The molecule has 0 aromatic heterocycles. The van der Waals surface area contributed by atoms with E-state index in [-0.39, 0.29) is 18.9 Å². The minimum absolute atomic E-state index is 0.0833. The van der Waals surface area contributed by atoms with Gasteiger partial charge in [0, 0.05) is 6.54 Å². The van der Waals surface area contributed by atoms with Crippen LogP contribution >= 0.6 is 0 Å². The summed E-state index contributed by atoms with van der Waals surface area (Å²) in [5, 5.41) is 14.0. The van der Waals surface area contributed by atoms with Crippen LogP contribution in [0.1, 0.15) is 39.0 Å². The number of carbonyl (C=O) groups is 3. The van der Waals surface area contributed by atoms with E-state index in [0.717, 1.165) is 6.42 Å². The van der Waals surface area contributed by atoms with Crippen LogP contribution in [0.15, 0.2) is 4.99 Å². The quantitative estimate of drug-likeness (QED) is 0.104. The van der Waals surface area contributed by atoms with Crippen molar-refractivity contribution in [1.29, 1.82) is 0 Å². The maximum atomic E-state index is 12.1. The third kappa shape index (κ3) is 10.5. The Labute approximate surface area is 152 Å². The minimum atomic E-state index is -1.18. The summed E-state index contributed by atoms with van der Waals surface area (Å²) in [4.78, 5) is 39.0. The van der Waals surface area contributed by atoms with Crippen LogP contribution in [-0.4, -0.2) is 60.1 Å². The average molecular weight is 373 g/mol. The number of aliphatic carboxylic acids is 1. The minimum Gasteiger partial charge on any atom is -0.480 e. The largest absolute Gasteiger partial charge is 0.480 e. The van der Waals surface area contributed by atoms with Gasteiger partial charge in [-0.3, -0.25) is 14.6 Å². The van der Waals surface area contributed by atoms with Gasteiger partial charge in [0.25, 0.3) is 0 Å². The number of nitrogens with two attached hydrogens (primary N) is 4. The summed E-state index contributed by atoms with van der Waals surface area (Å²) in [5.74, 6) is -2.34. The molecule has 0 bridgehead atoms. The van der Waals surface area contributed by atoms with E-state index in [4.69, 9.17) is 22.9 Å². The summed E-state index contributed by atoms with van der Waals surface area (Å²) in [7, 11) is 0. The number of amides is 2. The van der Waals surface area contributed by atoms with Gasteiger partial charge in [0.1, 0.15) is 12.1 Å². The van der Waals surface area contributed by atoms with Gasteiger partial charge >= 0.3 is 5.97 Å². The fourth-order valence-corrected chi connectivity index (χ4v) is 2.08. The zero-order valence-corrected chi connectivity index (χ0v) is 15.1. The zero-order valence-electron chi connectivity index (χ0n) is 15.1. The summed E-state index contributed by atoms with van der Waals surface area (Å²) in [6, 6.07) is -2.76. The number of unbranched alkanes of at least 4 members (excludes halogenated alkanes) is 1. The second-order valence-electron chi connectivity index (χ2n) is 5.97. The van der Waals surface area contributed by atoms with Crippen molar-refractivity contribution >= 4 is 23.7 Å². The number of guanidine groups is 1. The molecule has 0 saturated carbocycles. The molecule has 0 radical (unpaired) electrons. The van der Waals surface area contributed by atoms with Crippen molar-refractivity contribution < 1.29 is 19.5 Å². The molecule has 11 heteroatoms. The number of hydrogen-bond donors (Lipinski definition) is 7. The molecule has 0 aliphatic heterocycles. The number of carbonyl (C=O) groups excluding carboxylic acids is 2. The second-order valence-corrected chi connectivity index (χ2v) is 5.97. The lowest BCUT2D eigenvalue weighted by Gasteiger charge is -2.20. The lowest BCUT2D eigenvalue weighted by Crippen LogP contribution is -2.53. The molecule has 0 heterocycles. The van der Waals surface area contributed by atoms with E-state index < -0.39 is 35.9 Å². The van der Waals surface area contributed by atoms with Crippen molar-refractivity contribution in [3.05, 3.63) is 0 Å². The zero-order chi connectivity index (χ0) is 20.1. The van der Waals surface area contributed by atoms with Crippen molar-refractivity contribution in [3.8, 4) is 0 Å². The van der Waals surface area contributed by atoms with Crippen LogP contribution in [0.5, 0.6) is 0 Å². The first kappa shape index (κ1) is 23.6. The van der Waals surface area contributed by atoms with Gasteiger partial charge in [0.15, 0.2) is 5.96 Å². The van der Waals surface area contributed by atoms with E-state index in [1.807, 2.05) is 0 Å². The Hall–Kier alpha value is -2.40. The first-order valence-corrected chi connectivity index (χ1v) is 8.53.